The molecule has 0 saturated heterocycles. The molecule has 2 nitrogen and oxygen atoms in total. The molecule has 0 fully saturated rings. The van der Waals surface area contributed by atoms with Crippen molar-refractivity contribution in [3.05, 3.63) is 28.5 Å². The monoisotopic (exact) mass is 231 g/mol. The van der Waals surface area contributed by atoms with Gasteiger partial charge in [-0.05, 0) is 24.5 Å². The molecule has 0 radical (unpaired) electrons. The summed E-state index contributed by atoms with van der Waals surface area (Å²) < 4.78 is 13.1. The number of rotatable bonds is 3. The quantitative estimate of drug-likeness (QED) is 0.839. The first-order chi connectivity index (χ1) is 6.93. The largest absolute Gasteiger partial charge is 0.505 e. The predicted molar refractivity (Wildman–Crippen MR) is 59.5 cm³/mol. The van der Waals surface area contributed by atoms with Crippen LogP contribution in [0.25, 0.3) is 0 Å². The van der Waals surface area contributed by atoms with E-state index in [1.165, 1.54) is 6.07 Å². The van der Waals surface area contributed by atoms with E-state index < -0.39 is 17.6 Å². The van der Waals surface area contributed by atoms with Gasteiger partial charge in [-0.2, -0.15) is 0 Å². The fourth-order valence-electron chi connectivity index (χ4n) is 1.54. The molecule has 0 aliphatic heterocycles. The molecule has 0 aromatic heterocycles. The molecular weight excluding hydrogens is 217 g/mol. The molecule has 1 rings (SSSR count). The topological polar surface area (TPSA) is 46.2 Å². The van der Waals surface area contributed by atoms with Gasteiger partial charge >= 0.3 is 0 Å². The van der Waals surface area contributed by atoms with Crippen LogP contribution in [0.15, 0.2) is 12.1 Å². The SMILES string of the molecule is CC(C)C[C@@H](N)c1c(Cl)ccc(F)c1O. The summed E-state index contributed by atoms with van der Waals surface area (Å²) in [6.45, 7) is 4.01. The second-order valence-electron chi connectivity index (χ2n) is 4.03. The highest BCUT2D eigenvalue weighted by Gasteiger charge is 2.18. The fraction of sp³-hybridized carbons (Fsp3) is 0.455. The van der Waals surface area contributed by atoms with Gasteiger partial charge < -0.3 is 10.8 Å². The van der Waals surface area contributed by atoms with Crippen LogP contribution >= 0.6 is 11.6 Å². The Labute approximate surface area is 93.9 Å². The molecular formula is C11H15ClFNO. The summed E-state index contributed by atoms with van der Waals surface area (Å²) in [6, 6.07) is 2.10. The summed E-state index contributed by atoms with van der Waals surface area (Å²) in [4.78, 5) is 0. The maximum Gasteiger partial charge on any atom is 0.165 e. The Hall–Kier alpha value is -0.800. The minimum absolute atomic E-state index is 0.297. The predicted octanol–water partition coefficient (Wildman–Crippen LogP) is 3.23. The first-order valence-corrected chi connectivity index (χ1v) is 5.23. The molecule has 0 amide bonds. The van der Waals surface area contributed by atoms with Gasteiger partial charge in [-0.15, -0.1) is 0 Å². The molecule has 0 unspecified atom stereocenters. The number of phenols is 1. The van der Waals surface area contributed by atoms with Gasteiger partial charge in [0.1, 0.15) is 0 Å². The van der Waals surface area contributed by atoms with Crippen LogP contribution in [0.4, 0.5) is 4.39 Å². The van der Waals surface area contributed by atoms with Crippen molar-refractivity contribution in [1.82, 2.24) is 0 Å². The van der Waals surface area contributed by atoms with Gasteiger partial charge in [0.25, 0.3) is 0 Å². The van der Waals surface area contributed by atoms with Crippen molar-refractivity contribution >= 4 is 11.6 Å². The highest BCUT2D eigenvalue weighted by atomic mass is 35.5. The maximum atomic E-state index is 13.1. The number of hydrogen-bond donors (Lipinski definition) is 2. The van der Waals surface area contributed by atoms with Crippen molar-refractivity contribution in [3.8, 4) is 5.75 Å². The highest BCUT2D eigenvalue weighted by molar-refractivity contribution is 6.31. The van der Waals surface area contributed by atoms with E-state index in [2.05, 4.69) is 0 Å². The Balaban J connectivity index is 3.07. The molecule has 1 atom stereocenters. The van der Waals surface area contributed by atoms with Gasteiger partial charge in [-0.3, -0.25) is 0 Å². The number of benzene rings is 1. The van der Waals surface area contributed by atoms with Gasteiger partial charge in [0, 0.05) is 16.6 Å². The molecule has 1 aromatic carbocycles. The van der Waals surface area contributed by atoms with Gasteiger partial charge in [0.05, 0.1) is 0 Å². The molecule has 3 N–H and O–H groups in total. The summed E-state index contributed by atoms with van der Waals surface area (Å²) in [5.41, 5.74) is 6.15. The van der Waals surface area contributed by atoms with Crippen molar-refractivity contribution in [2.24, 2.45) is 11.7 Å². The maximum absolute atomic E-state index is 13.1. The van der Waals surface area contributed by atoms with Crippen LogP contribution in [0.2, 0.25) is 5.02 Å². The van der Waals surface area contributed by atoms with E-state index in [0.717, 1.165) is 6.07 Å². The molecule has 0 saturated carbocycles. The van der Waals surface area contributed by atoms with Crippen molar-refractivity contribution in [2.45, 2.75) is 26.3 Å². The van der Waals surface area contributed by atoms with Crippen LogP contribution < -0.4 is 5.73 Å². The second-order valence-corrected chi connectivity index (χ2v) is 4.43. The van der Waals surface area contributed by atoms with Crippen LogP contribution in [-0.4, -0.2) is 5.11 Å². The molecule has 0 aliphatic rings. The van der Waals surface area contributed by atoms with Gasteiger partial charge in [-0.1, -0.05) is 25.4 Å². The molecule has 1 aromatic rings. The lowest BCUT2D eigenvalue weighted by molar-refractivity contribution is 0.411. The van der Waals surface area contributed by atoms with Crippen LogP contribution in [-0.2, 0) is 0 Å². The number of hydrogen-bond acceptors (Lipinski definition) is 2. The van der Waals surface area contributed by atoms with E-state index in [1.807, 2.05) is 13.8 Å². The molecule has 0 bridgehead atoms. The number of phenolic OH excluding ortho intramolecular Hbond substituents is 1. The third-order valence-electron chi connectivity index (χ3n) is 2.21. The summed E-state index contributed by atoms with van der Waals surface area (Å²) in [7, 11) is 0. The first kappa shape index (κ1) is 12.3. The molecule has 0 aliphatic carbocycles. The normalized spacial score (nSPS) is 13.2. The Kier molecular flexibility index (Phi) is 3.94. The van der Waals surface area contributed by atoms with Crippen molar-refractivity contribution in [3.63, 3.8) is 0 Å². The minimum Gasteiger partial charge on any atom is -0.505 e. The lowest BCUT2D eigenvalue weighted by atomic mass is 9.97. The molecule has 84 valence electrons. The summed E-state index contributed by atoms with van der Waals surface area (Å²) >= 11 is 5.87. The molecule has 0 heterocycles. The fourth-order valence-corrected chi connectivity index (χ4v) is 1.83. The Bertz CT molecular complexity index is 355. The number of nitrogens with two attached hydrogens (primary N) is 1. The smallest absolute Gasteiger partial charge is 0.165 e. The van der Waals surface area contributed by atoms with E-state index >= 15 is 0 Å². The molecule has 15 heavy (non-hydrogen) atoms. The summed E-state index contributed by atoms with van der Waals surface area (Å²) in [5.74, 6) is -0.761. The summed E-state index contributed by atoms with van der Waals surface area (Å²) in [6.07, 6.45) is 0.650. The average Bonchev–Trinajstić information content (AvgIpc) is 2.11. The van der Waals surface area contributed by atoms with E-state index in [9.17, 15) is 9.50 Å². The van der Waals surface area contributed by atoms with E-state index in [-0.39, 0.29) is 0 Å². The zero-order valence-corrected chi connectivity index (χ0v) is 9.55. The van der Waals surface area contributed by atoms with E-state index in [0.29, 0.717) is 22.9 Å². The van der Waals surface area contributed by atoms with Crippen LogP contribution in [0.5, 0.6) is 5.75 Å². The zero-order chi connectivity index (χ0) is 11.6. The van der Waals surface area contributed by atoms with Crippen LogP contribution in [0.1, 0.15) is 31.9 Å². The van der Waals surface area contributed by atoms with Crippen molar-refractivity contribution < 1.29 is 9.50 Å². The lowest BCUT2D eigenvalue weighted by Crippen LogP contribution is -2.14. The van der Waals surface area contributed by atoms with Gasteiger partial charge in [-0.25, -0.2) is 4.39 Å². The van der Waals surface area contributed by atoms with Crippen LogP contribution in [0.3, 0.4) is 0 Å². The third kappa shape index (κ3) is 2.83. The Morgan fingerprint density at radius 3 is 2.60 bits per heavy atom. The zero-order valence-electron chi connectivity index (χ0n) is 8.80. The summed E-state index contributed by atoms with van der Waals surface area (Å²) in [5, 5.41) is 9.83. The second kappa shape index (κ2) is 4.81. The standard InChI is InChI=1S/C11H15ClFNO/c1-6(2)5-9(14)10-7(12)3-4-8(13)11(10)15/h3-4,6,9,15H,5,14H2,1-2H3/t9-/m1/s1. The van der Waals surface area contributed by atoms with E-state index in [4.69, 9.17) is 17.3 Å². The number of halogens is 2. The van der Waals surface area contributed by atoms with Gasteiger partial charge in [0.15, 0.2) is 11.6 Å². The molecule has 4 heteroatoms. The minimum atomic E-state index is -0.686. The van der Waals surface area contributed by atoms with Crippen molar-refractivity contribution in [1.29, 1.82) is 0 Å². The third-order valence-corrected chi connectivity index (χ3v) is 2.54. The highest BCUT2D eigenvalue weighted by Crippen LogP contribution is 2.34. The Morgan fingerprint density at radius 2 is 2.07 bits per heavy atom. The van der Waals surface area contributed by atoms with Crippen molar-refractivity contribution in [2.75, 3.05) is 0 Å². The van der Waals surface area contributed by atoms with Gasteiger partial charge in [0.2, 0.25) is 0 Å². The lowest BCUT2D eigenvalue weighted by Gasteiger charge is -2.17. The first-order valence-electron chi connectivity index (χ1n) is 4.86. The average molecular weight is 232 g/mol. The van der Waals surface area contributed by atoms with Crippen LogP contribution in [0, 0.1) is 11.7 Å². The molecule has 0 spiro atoms. The number of aromatic hydroxyl groups is 1. The Morgan fingerprint density at radius 1 is 1.47 bits per heavy atom. The van der Waals surface area contributed by atoms with E-state index in [1.54, 1.807) is 0 Å².